The number of piperazine rings is 1. The van der Waals surface area contributed by atoms with Gasteiger partial charge in [-0.25, -0.2) is 0 Å². The van der Waals surface area contributed by atoms with Crippen LogP contribution in [0.25, 0.3) is 6.08 Å². The first-order chi connectivity index (χ1) is 13.7. The maximum atomic E-state index is 13.1. The lowest BCUT2D eigenvalue weighted by molar-refractivity contribution is -0.385. The molecular weight excluding hydrogens is 442 g/mol. The van der Waals surface area contributed by atoms with Gasteiger partial charge in [0.25, 0.3) is 17.5 Å². The lowest BCUT2D eigenvalue weighted by atomic mass is 9.96. The standard InChI is InChI=1S/C20H18BrN3O5/c1-22-16(12-14-10-6-7-11-15(14)24(28)29)18(25)23(2)20(27,19(22)26)17(21)13-8-4-3-5-9-13/h3-12,17,27H,1-2H3. The molecule has 29 heavy (non-hydrogen) atoms. The van der Waals surface area contributed by atoms with Crippen LogP contribution in [0.4, 0.5) is 5.69 Å². The number of carbonyl (C=O) groups is 2. The van der Waals surface area contributed by atoms with E-state index < -0.39 is 27.3 Å². The fourth-order valence-corrected chi connectivity index (χ4v) is 3.99. The van der Waals surface area contributed by atoms with Crippen molar-refractivity contribution in [2.45, 2.75) is 10.6 Å². The molecule has 1 fully saturated rings. The van der Waals surface area contributed by atoms with Crippen molar-refractivity contribution >= 4 is 39.5 Å². The van der Waals surface area contributed by atoms with Crippen LogP contribution in [-0.2, 0) is 9.59 Å². The third kappa shape index (κ3) is 3.43. The number of rotatable bonds is 4. The van der Waals surface area contributed by atoms with Gasteiger partial charge in [0.2, 0.25) is 5.72 Å². The molecule has 0 bridgehead atoms. The van der Waals surface area contributed by atoms with E-state index in [0.29, 0.717) is 5.56 Å². The van der Waals surface area contributed by atoms with Crippen molar-refractivity contribution in [3.8, 4) is 0 Å². The van der Waals surface area contributed by atoms with Crippen molar-refractivity contribution in [3.05, 3.63) is 81.5 Å². The third-order valence-electron chi connectivity index (χ3n) is 4.89. The molecule has 8 nitrogen and oxygen atoms in total. The largest absolute Gasteiger partial charge is 0.362 e. The van der Waals surface area contributed by atoms with Crippen LogP contribution in [0.15, 0.2) is 60.3 Å². The molecule has 0 aromatic heterocycles. The Hall–Kier alpha value is -3.04. The zero-order valence-electron chi connectivity index (χ0n) is 15.7. The number of nitro groups is 1. The van der Waals surface area contributed by atoms with E-state index in [4.69, 9.17) is 0 Å². The lowest BCUT2D eigenvalue weighted by Crippen LogP contribution is -2.66. The first kappa shape index (κ1) is 20.7. The van der Waals surface area contributed by atoms with Crippen LogP contribution < -0.4 is 0 Å². The number of benzene rings is 2. The van der Waals surface area contributed by atoms with Crippen molar-refractivity contribution in [3.63, 3.8) is 0 Å². The minimum Gasteiger partial charge on any atom is -0.362 e. The summed E-state index contributed by atoms with van der Waals surface area (Å²) in [5.74, 6) is -1.39. The number of nitro benzene ring substituents is 1. The van der Waals surface area contributed by atoms with Crippen LogP contribution in [0.3, 0.4) is 0 Å². The minimum absolute atomic E-state index is 0.0794. The summed E-state index contributed by atoms with van der Waals surface area (Å²) in [6.45, 7) is 0. The summed E-state index contributed by atoms with van der Waals surface area (Å²) < 4.78 is 0. The van der Waals surface area contributed by atoms with Crippen molar-refractivity contribution in [1.29, 1.82) is 0 Å². The summed E-state index contributed by atoms with van der Waals surface area (Å²) in [5, 5.41) is 22.5. The van der Waals surface area contributed by atoms with Crippen LogP contribution in [0, 0.1) is 10.1 Å². The van der Waals surface area contributed by atoms with E-state index >= 15 is 0 Å². The number of hydrogen-bond acceptors (Lipinski definition) is 5. The second-order valence-corrected chi connectivity index (χ2v) is 7.49. The van der Waals surface area contributed by atoms with E-state index in [0.717, 1.165) is 9.80 Å². The van der Waals surface area contributed by atoms with Gasteiger partial charge in [-0.1, -0.05) is 58.4 Å². The van der Waals surface area contributed by atoms with Gasteiger partial charge >= 0.3 is 0 Å². The fourth-order valence-electron chi connectivity index (χ4n) is 3.18. The van der Waals surface area contributed by atoms with E-state index in [-0.39, 0.29) is 16.9 Å². The zero-order valence-corrected chi connectivity index (χ0v) is 17.2. The highest BCUT2D eigenvalue weighted by Crippen LogP contribution is 2.41. The molecule has 1 aliphatic rings. The summed E-state index contributed by atoms with van der Waals surface area (Å²) in [6, 6.07) is 14.7. The Morgan fingerprint density at radius 3 is 2.31 bits per heavy atom. The quantitative estimate of drug-likeness (QED) is 0.327. The molecule has 2 atom stereocenters. The first-order valence-electron chi connectivity index (χ1n) is 8.62. The zero-order chi connectivity index (χ0) is 21.3. The minimum atomic E-state index is -2.17. The Morgan fingerprint density at radius 2 is 1.69 bits per heavy atom. The molecule has 150 valence electrons. The predicted octanol–water partition coefficient (Wildman–Crippen LogP) is 2.69. The van der Waals surface area contributed by atoms with Crippen LogP contribution in [0.5, 0.6) is 0 Å². The van der Waals surface area contributed by atoms with Gasteiger partial charge in [0.05, 0.1) is 15.3 Å². The molecular formula is C20H18BrN3O5. The van der Waals surface area contributed by atoms with Crippen molar-refractivity contribution < 1.29 is 19.6 Å². The molecule has 2 aromatic carbocycles. The molecule has 1 saturated heterocycles. The number of hydrogen-bond donors (Lipinski definition) is 1. The average molecular weight is 460 g/mol. The summed E-state index contributed by atoms with van der Waals surface area (Å²) in [4.78, 5) is 37.9. The molecule has 9 heteroatoms. The Kier molecular flexibility index (Phi) is 5.54. The maximum absolute atomic E-state index is 13.1. The second kappa shape index (κ2) is 7.76. The van der Waals surface area contributed by atoms with E-state index in [2.05, 4.69) is 15.9 Å². The SMILES string of the molecule is CN1C(=O)C(O)(C(Br)c2ccccc2)N(C)C(=O)C1=Cc1ccccc1[N+](=O)[O-]. The lowest BCUT2D eigenvalue weighted by Gasteiger charge is -2.46. The van der Waals surface area contributed by atoms with E-state index in [9.17, 15) is 24.8 Å². The van der Waals surface area contributed by atoms with Crippen molar-refractivity contribution in [2.24, 2.45) is 0 Å². The molecule has 0 radical (unpaired) electrons. The molecule has 3 rings (SSSR count). The van der Waals surface area contributed by atoms with E-state index in [1.54, 1.807) is 36.4 Å². The molecule has 1 aliphatic heterocycles. The molecule has 2 aromatic rings. The van der Waals surface area contributed by atoms with Gasteiger partial charge < -0.3 is 14.9 Å². The molecule has 0 aliphatic carbocycles. The number of alkyl halides is 1. The van der Waals surface area contributed by atoms with Gasteiger partial charge in [-0.15, -0.1) is 0 Å². The van der Waals surface area contributed by atoms with Gasteiger partial charge in [0.15, 0.2) is 0 Å². The average Bonchev–Trinajstić information content (AvgIpc) is 2.74. The van der Waals surface area contributed by atoms with Crippen LogP contribution in [0.2, 0.25) is 0 Å². The molecule has 2 amide bonds. The molecule has 2 unspecified atom stereocenters. The van der Waals surface area contributed by atoms with Gasteiger partial charge in [0.1, 0.15) is 5.70 Å². The van der Waals surface area contributed by atoms with Crippen LogP contribution in [-0.4, -0.2) is 51.5 Å². The van der Waals surface area contributed by atoms with Gasteiger partial charge in [0, 0.05) is 20.2 Å². The number of aliphatic hydroxyl groups is 1. The Morgan fingerprint density at radius 1 is 1.10 bits per heavy atom. The van der Waals surface area contributed by atoms with Crippen LogP contribution >= 0.6 is 15.9 Å². The van der Waals surface area contributed by atoms with Gasteiger partial charge in [-0.2, -0.15) is 0 Å². The van der Waals surface area contributed by atoms with Gasteiger partial charge in [-0.3, -0.25) is 19.7 Å². The molecule has 1 N–H and O–H groups in total. The third-order valence-corrected chi connectivity index (χ3v) is 6.05. The summed E-state index contributed by atoms with van der Waals surface area (Å²) in [5.41, 5.74) is -1.66. The molecule has 0 spiro atoms. The highest BCUT2D eigenvalue weighted by Gasteiger charge is 2.55. The number of para-hydroxylation sites is 1. The summed E-state index contributed by atoms with van der Waals surface area (Å²) in [6.07, 6.45) is 1.28. The maximum Gasteiger partial charge on any atom is 0.281 e. The van der Waals surface area contributed by atoms with Gasteiger partial charge in [-0.05, 0) is 17.7 Å². The van der Waals surface area contributed by atoms with Crippen LogP contribution in [0.1, 0.15) is 16.0 Å². The number of halogens is 1. The topological polar surface area (TPSA) is 104 Å². The smallest absolute Gasteiger partial charge is 0.281 e. The Bertz CT molecular complexity index is 1010. The number of nitrogens with zero attached hydrogens (tertiary/aromatic N) is 3. The summed E-state index contributed by atoms with van der Waals surface area (Å²) >= 11 is 3.36. The Balaban J connectivity index is 2.05. The first-order valence-corrected chi connectivity index (χ1v) is 9.54. The number of amides is 2. The van der Waals surface area contributed by atoms with Crippen molar-refractivity contribution in [2.75, 3.05) is 14.1 Å². The van der Waals surface area contributed by atoms with E-state index in [1.807, 2.05) is 0 Å². The number of likely N-dealkylation sites (N-methyl/N-ethyl adjacent to an activating group) is 2. The molecule has 1 heterocycles. The monoisotopic (exact) mass is 459 g/mol. The van der Waals surface area contributed by atoms with E-state index in [1.165, 1.54) is 38.4 Å². The Labute approximate surface area is 175 Å². The molecule has 0 saturated carbocycles. The highest BCUT2D eigenvalue weighted by atomic mass is 79.9. The number of carbonyl (C=O) groups excluding carboxylic acids is 2. The summed E-state index contributed by atoms with van der Waals surface area (Å²) in [7, 11) is 2.67. The highest BCUT2D eigenvalue weighted by molar-refractivity contribution is 9.09. The fraction of sp³-hybridized carbons (Fsp3) is 0.200. The normalized spacial score (nSPS) is 22.1. The van der Waals surface area contributed by atoms with Crippen molar-refractivity contribution in [1.82, 2.24) is 9.80 Å². The second-order valence-electron chi connectivity index (χ2n) is 6.57. The predicted molar refractivity (Wildman–Crippen MR) is 110 cm³/mol.